The minimum atomic E-state index is -0.150. The van der Waals surface area contributed by atoms with Crippen LogP contribution >= 0.6 is 0 Å². The third kappa shape index (κ3) is 5.32. The fourth-order valence-electron chi connectivity index (χ4n) is 4.65. The highest BCUT2D eigenvalue weighted by molar-refractivity contribution is 6.06. The van der Waals surface area contributed by atoms with Crippen LogP contribution in [0.25, 0.3) is 11.0 Å². The summed E-state index contributed by atoms with van der Waals surface area (Å²) in [5.74, 6) is 0.572. The van der Waals surface area contributed by atoms with E-state index >= 15 is 0 Å². The Morgan fingerprint density at radius 3 is 2.45 bits per heavy atom. The van der Waals surface area contributed by atoms with Crippen molar-refractivity contribution in [2.75, 3.05) is 18.4 Å². The number of nitrogens with zero attached hydrogens (tertiary/aromatic N) is 2. The molecule has 0 unspecified atom stereocenters. The summed E-state index contributed by atoms with van der Waals surface area (Å²) in [7, 11) is 0. The standard InChI is InChI=1S/C28H29N3O2/c32-28(29-24-9-5-2-6-10-24)23-12-13-25-26(30-33-27(25)19-23)14-11-21-15-17-31(18-16-21)20-22-7-3-1-4-8-22/h1-10,12-13,19,21H,11,14-18,20H2,(H,29,32). The van der Waals surface area contributed by atoms with Crippen molar-refractivity contribution in [1.82, 2.24) is 10.1 Å². The molecule has 1 N–H and O–H groups in total. The Balaban J connectivity index is 1.15. The van der Waals surface area contributed by atoms with E-state index in [0.717, 1.165) is 55.2 Å². The van der Waals surface area contributed by atoms with Gasteiger partial charge < -0.3 is 9.84 Å². The van der Waals surface area contributed by atoms with Crippen LogP contribution in [0.4, 0.5) is 5.69 Å². The second-order valence-electron chi connectivity index (χ2n) is 8.90. The Labute approximate surface area is 194 Å². The molecule has 1 aliphatic heterocycles. The summed E-state index contributed by atoms with van der Waals surface area (Å²) >= 11 is 0. The van der Waals surface area contributed by atoms with Gasteiger partial charge in [-0.2, -0.15) is 0 Å². The third-order valence-corrected chi connectivity index (χ3v) is 6.59. The van der Waals surface area contributed by atoms with Gasteiger partial charge in [-0.3, -0.25) is 9.69 Å². The van der Waals surface area contributed by atoms with E-state index in [4.69, 9.17) is 4.52 Å². The molecule has 1 saturated heterocycles. The number of para-hydroxylation sites is 1. The normalized spacial score (nSPS) is 15.0. The number of rotatable bonds is 7. The van der Waals surface area contributed by atoms with Crippen LogP contribution in [0.2, 0.25) is 0 Å². The summed E-state index contributed by atoms with van der Waals surface area (Å²) < 4.78 is 5.58. The smallest absolute Gasteiger partial charge is 0.255 e. The molecule has 168 valence electrons. The molecule has 33 heavy (non-hydrogen) atoms. The van der Waals surface area contributed by atoms with E-state index in [1.165, 1.54) is 18.4 Å². The van der Waals surface area contributed by atoms with Gasteiger partial charge in [0.25, 0.3) is 5.91 Å². The molecule has 5 rings (SSSR count). The Bertz CT molecular complexity index is 1200. The summed E-state index contributed by atoms with van der Waals surface area (Å²) in [5, 5.41) is 8.24. The number of benzene rings is 3. The maximum Gasteiger partial charge on any atom is 0.255 e. The van der Waals surface area contributed by atoms with Crippen molar-refractivity contribution < 1.29 is 9.32 Å². The first kappa shape index (κ1) is 21.4. The van der Waals surface area contributed by atoms with E-state index in [0.29, 0.717) is 11.1 Å². The van der Waals surface area contributed by atoms with Gasteiger partial charge in [-0.1, -0.05) is 53.7 Å². The lowest BCUT2D eigenvalue weighted by molar-refractivity contribution is 0.102. The topological polar surface area (TPSA) is 58.4 Å². The van der Waals surface area contributed by atoms with Gasteiger partial charge in [0.2, 0.25) is 0 Å². The highest BCUT2D eigenvalue weighted by Gasteiger charge is 2.20. The maximum atomic E-state index is 12.6. The number of fused-ring (bicyclic) bond motifs is 1. The first-order chi connectivity index (χ1) is 16.2. The zero-order valence-corrected chi connectivity index (χ0v) is 18.7. The van der Waals surface area contributed by atoms with Crippen LogP contribution < -0.4 is 5.32 Å². The van der Waals surface area contributed by atoms with E-state index in [-0.39, 0.29) is 5.91 Å². The first-order valence-corrected chi connectivity index (χ1v) is 11.8. The molecule has 1 aliphatic rings. The number of carbonyl (C=O) groups excluding carboxylic acids is 1. The number of piperidine rings is 1. The Hall–Kier alpha value is -3.44. The fourth-order valence-corrected chi connectivity index (χ4v) is 4.65. The Morgan fingerprint density at radius 2 is 1.70 bits per heavy atom. The van der Waals surface area contributed by atoms with Crippen molar-refractivity contribution in [2.45, 2.75) is 32.2 Å². The van der Waals surface area contributed by atoms with Crippen LogP contribution in [-0.4, -0.2) is 29.1 Å². The van der Waals surface area contributed by atoms with Crippen molar-refractivity contribution in [1.29, 1.82) is 0 Å². The SMILES string of the molecule is O=C(Nc1ccccc1)c1ccc2c(CCC3CCN(Cc4ccccc4)CC3)noc2c1. The number of hydrogen-bond acceptors (Lipinski definition) is 4. The predicted octanol–water partition coefficient (Wildman–Crippen LogP) is 5.92. The number of likely N-dealkylation sites (tertiary alicyclic amines) is 1. The minimum absolute atomic E-state index is 0.150. The molecule has 0 bridgehead atoms. The van der Waals surface area contributed by atoms with Crippen molar-refractivity contribution in [3.8, 4) is 0 Å². The van der Waals surface area contributed by atoms with Crippen molar-refractivity contribution in [3.05, 3.63) is 95.7 Å². The molecular formula is C28H29N3O2. The second kappa shape index (κ2) is 10.0. The van der Waals surface area contributed by atoms with E-state index in [1.54, 1.807) is 6.07 Å². The second-order valence-corrected chi connectivity index (χ2v) is 8.90. The lowest BCUT2D eigenvalue weighted by Gasteiger charge is -2.31. The molecule has 3 aromatic carbocycles. The molecular weight excluding hydrogens is 410 g/mol. The van der Waals surface area contributed by atoms with Gasteiger partial charge in [-0.25, -0.2) is 0 Å². The summed E-state index contributed by atoms with van der Waals surface area (Å²) in [4.78, 5) is 15.1. The van der Waals surface area contributed by atoms with Crippen molar-refractivity contribution >= 4 is 22.6 Å². The van der Waals surface area contributed by atoms with Gasteiger partial charge in [0.15, 0.2) is 5.58 Å². The van der Waals surface area contributed by atoms with Crippen LogP contribution in [0.5, 0.6) is 0 Å². The third-order valence-electron chi connectivity index (χ3n) is 6.59. The number of amides is 1. The van der Waals surface area contributed by atoms with Gasteiger partial charge in [-0.15, -0.1) is 0 Å². The number of anilines is 1. The average Bonchev–Trinajstić information content (AvgIpc) is 3.27. The zero-order valence-electron chi connectivity index (χ0n) is 18.7. The van der Waals surface area contributed by atoms with Crippen LogP contribution in [0, 0.1) is 5.92 Å². The number of aryl methyl sites for hydroxylation is 1. The molecule has 5 nitrogen and oxygen atoms in total. The molecule has 4 aromatic rings. The molecule has 0 spiro atoms. The predicted molar refractivity (Wildman–Crippen MR) is 131 cm³/mol. The largest absolute Gasteiger partial charge is 0.356 e. The van der Waals surface area contributed by atoms with E-state index < -0.39 is 0 Å². The van der Waals surface area contributed by atoms with E-state index in [9.17, 15) is 4.79 Å². The number of aromatic nitrogens is 1. The molecule has 0 saturated carbocycles. The highest BCUT2D eigenvalue weighted by Crippen LogP contribution is 2.27. The summed E-state index contributed by atoms with van der Waals surface area (Å²) in [5.41, 5.74) is 4.40. The van der Waals surface area contributed by atoms with E-state index in [1.807, 2.05) is 42.5 Å². The van der Waals surface area contributed by atoms with Gasteiger partial charge in [-0.05, 0) is 80.6 Å². The average molecular weight is 440 g/mol. The van der Waals surface area contributed by atoms with Crippen LogP contribution in [0.1, 0.15) is 40.9 Å². The molecule has 0 radical (unpaired) electrons. The molecule has 1 amide bonds. The van der Waals surface area contributed by atoms with E-state index in [2.05, 4.69) is 45.7 Å². The minimum Gasteiger partial charge on any atom is -0.356 e. The monoisotopic (exact) mass is 439 g/mol. The highest BCUT2D eigenvalue weighted by atomic mass is 16.5. The summed E-state index contributed by atoms with van der Waals surface area (Å²) in [6, 6.07) is 25.8. The van der Waals surface area contributed by atoms with Crippen LogP contribution in [0.3, 0.4) is 0 Å². The van der Waals surface area contributed by atoms with Crippen molar-refractivity contribution in [2.24, 2.45) is 5.92 Å². The van der Waals surface area contributed by atoms with Crippen molar-refractivity contribution in [3.63, 3.8) is 0 Å². The quantitative estimate of drug-likeness (QED) is 0.388. The van der Waals surface area contributed by atoms with Gasteiger partial charge in [0, 0.05) is 23.2 Å². The first-order valence-electron chi connectivity index (χ1n) is 11.8. The molecule has 2 heterocycles. The number of hydrogen-bond donors (Lipinski definition) is 1. The lowest BCUT2D eigenvalue weighted by atomic mass is 9.91. The van der Waals surface area contributed by atoms with Gasteiger partial charge in [0.05, 0.1) is 5.69 Å². The fraction of sp³-hybridized carbons (Fsp3) is 0.286. The Morgan fingerprint density at radius 1 is 0.970 bits per heavy atom. The summed E-state index contributed by atoms with van der Waals surface area (Å²) in [6.45, 7) is 3.35. The maximum absolute atomic E-state index is 12.6. The molecule has 0 aliphatic carbocycles. The van der Waals surface area contributed by atoms with Crippen LogP contribution in [0.15, 0.2) is 83.4 Å². The molecule has 0 atom stereocenters. The zero-order chi connectivity index (χ0) is 22.5. The Kier molecular flexibility index (Phi) is 6.49. The number of carbonyl (C=O) groups is 1. The lowest BCUT2D eigenvalue weighted by Crippen LogP contribution is -2.33. The number of nitrogens with one attached hydrogen (secondary N) is 1. The summed E-state index contributed by atoms with van der Waals surface area (Å²) in [6.07, 6.45) is 4.49. The molecule has 5 heteroatoms. The molecule has 1 aromatic heterocycles. The van der Waals surface area contributed by atoms with Crippen LogP contribution in [-0.2, 0) is 13.0 Å². The van der Waals surface area contributed by atoms with Gasteiger partial charge >= 0.3 is 0 Å². The van der Waals surface area contributed by atoms with Gasteiger partial charge in [0.1, 0.15) is 0 Å². The molecule has 1 fully saturated rings.